The number of anilines is 1. The van der Waals surface area contributed by atoms with Gasteiger partial charge in [-0.05, 0) is 43.4 Å². The topological polar surface area (TPSA) is 68.3 Å². The van der Waals surface area contributed by atoms with Crippen molar-refractivity contribution in [1.82, 2.24) is 19.6 Å². The van der Waals surface area contributed by atoms with E-state index < -0.39 is 5.60 Å². The number of hydrogen-bond acceptors (Lipinski definition) is 5. The van der Waals surface area contributed by atoms with Gasteiger partial charge >= 0.3 is 0 Å². The lowest BCUT2D eigenvalue weighted by molar-refractivity contribution is -0.168. The molecule has 0 amide bonds. The van der Waals surface area contributed by atoms with E-state index >= 15 is 0 Å². The molecule has 4 saturated carbocycles. The minimum absolute atomic E-state index is 0.186. The van der Waals surface area contributed by atoms with Gasteiger partial charge in [0, 0.05) is 48.3 Å². The van der Waals surface area contributed by atoms with E-state index in [1.165, 1.54) is 19.3 Å². The number of halogens is 1. The van der Waals surface area contributed by atoms with E-state index in [2.05, 4.69) is 34.0 Å². The Morgan fingerprint density at radius 1 is 1.05 bits per heavy atom. The van der Waals surface area contributed by atoms with Crippen LogP contribution in [-0.2, 0) is 15.9 Å². The van der Waals surface area contributed by atoms with Crippen molar-refractivity contribution in [3.05, 3.63) is 71.6 Å². The average Bonchev–Trinajstić information content (AvgIpc) is 3.38. The molecule has 10 rings (SSSR count). The third-order valence-corrected chi connectivity index (χ3v) is 11.4. The van der Waals surface area contributed by atoms with Crippen LogP contribution in [0.1, 0.15) is 31.2 Å². The van der Waals surface area contributed by atoms with E-state index in [0.29, 0.717) is 10.8 Å². The van der Waals surface area contributed by atoms with Crippen LogP contribution in [-0.4, -0.2) is 51.5 Å². The SMILES string of the molecule is COCC12CC3(n4cc(-n5ncc6cc(Cl)c(N7CC8CC(C7)C8(O)c7ccccc7)cc65)cn4)CC13C2. The van der Waals surface area contributed by atoms with Crippen molar-refractivity contribution >= 4 is 28.2 Å². The summed E-state index contributed by atoms with van der Waals surface area (Å²) in [6.07, 6.45) is 10.7. The van der Waals surface area contributed by atoms with Crippen molar-refractivity contribution < 1.29 is 9.84 Å². The van der Waals surface area contributed by atoms with Crippen LogP contribution in [0.25, 0.3) is 16.6 Å². The first-order chi connectivity index (χ1) is 18.4. The number of aliphatic hydroxyl groups is 1. The molecule has 194 valence electrons. The molecule has 1 N–H and O–H groups in total. The Morgan fingerprint density at radius 3 is 2.63 bits per heavy atom. The van der Waals surface area contributed by atoms with Crippen molar-refractivity contribution in [2.24, 2.45) is 22.7 Å². The molecule has 6 fully saturated rings. The number of aromatic nitrogens is 4. The molecule has 1 spiro atoms. The van der Waals surface area contributed by atoms with E-state index in [0.717, 1.165) is 59.0 Å². The van der Waals surface area contributed by atoms with Gasteiger partial charge in [-0.1, -0.05) is 41.9 Å². The molecule has 38 heavy (non-hydrogen) atoms. The minimum Gasteiger partial charge on any atom is -0.384 e. The summed E-state index contributed by atoms with van der Waals surface area (Å²) in [5.74, 6) is 0.387. The van der Waals surface area contributed by atoms with Gasteiger partial charge in [-0.2, -0.15) is 10.2 Å². The standard InChI is InChI=1S/C30H30ClN5O2/c1-38-18-27-15-28(27)17-29(28,16-27)35-14-23(11-32-35)36-25-9-26(24(31)7-19(25)10-33-36)34-12-21-8-22(13-34)30(21,37)20-5-3-2-4-6-20/h2-7,9-11,14,21-22,37H,8,12-13,15-18H2,1H3. The molecule has 4 aromatic rings. The lowest BCUT2D eigenvalue weighted by atomic mass is 9.55. The van der Waals surface area contributed by atoms with Crippen LogP contribution in [0.5, 0.6) is 0 Å². The maximum Gasteiger partial charge on any atom is 0.103 e. The van der Waals surface area contributed by atoms with Gasteiger partial charge in [0.2, 0.25) is 0 Å². The quantitative estimate of drug-likeness (QED) is 0.392. The summed E-state index contributed by atoms with van der Waals surface area (Å²) in [6, 6.07) is 14.3. The Labute approximate surface area is 225 Å². The summed E-state index contributed by atoms with van der Waals surface area (Å²) < 4.78 is 9.71. The Morgan fingerprint density at radius 2 is 1.87 bits per heavy atom. The van der Waals surface area contributed by atoms with Crippen LogP contribution < -0.4 is 4.90 Å². The summed E-state index contributed by atoms with van der Waals surface area (Å²) in [4.78, 5) is 2.35. The summed E-state index contributed by atoms with van der Waals surface area (Å²) in [7, 11) is 1.81. The summed E-state index contributed by atoms with van der Waals surface area (Å²) >= 11 is 6.83. The van der Waals surface area contributed by atoms with Crippen molar-refractivity contribution in [1.29, 1.82) is 0 Å². The van der Waals surface area contributed by atoms with Crippen LogP contribution in [0.2, 0.25) is 5.02 Å². The predicted octanol–water partition coefficient (Wildman–Crippen LogP) is 4.74. The Hall–Kier alpha value is -2.87. The lowest BCUT2D eigenvalue weighted by Crippen LogP contribution is -2.65. The van der Waals surface area contributed by atoms with Gasteiger partial charge in [0.15, 0.2) is 0 Å². The van der Waals surface area contributed by atoms with Crippen molar-refractivity contribution in [3.63, 3.8) is 0 Å². The summed E-state index contributed by atoms with van der Waals surface area (Å²) in [6.45, 7) is 2.44. The molecule has 5 atom stereocenters. The molecule has 2 saturated heterocycles. The predicted molar refractivity (Wildman–Crippen MR) is 145 cm³/mol. The van der Waals surface area contributed by atoms with Crippen LogP contribution in [0.15, 0.2) is 61.1 Å². The van der Waals surface area contributed by atoms with E-state index in [-0.39, 0.29) is 17.4 Å². The van der Waals surface area contributed by atoms with Gasteiger partial charge in [0.25, 0.3) is 0 Å². The number of ether oxygens (including phenoxy) is 1. The smallest absolute Gasteiger partial charge is 0.103 e. The van der Waals surface area contributed by atoms with Crippen LogP contribution in [0, 0.1) is 22.7 Å². The molecular weight excluding hydrogens is 498 g/mol. The maximum absolute atomic E-state index is 11.6. The molecule has 0 radical (unpaired) electrons. The minimum atomic E-state index is -0.742. The fourth-order valence-corrected chi connectivity index (χ4v) is 9.43. The highest BCUT2D eigenvalue weighted by Crippen LogP contribution is 2.98. The molecule has 4 heterocycles. The molecule has 5 unspecified atom stereocenters. The number of benzene rings is 2. The second-order valence-electron chi connectivity index (χ2n) is 12.6. The van der Waals surface area contributed by atoms with Crippen molar-refractivity contribution in [2.75, 3.05) is 31.7 Å². The largest absolute Gasteiger partial charge is 0.384 e. The molecule has 2 aromatic carbocycles. The van der Waals surface area contributed by atoms with Crippen molar-refractivity contribution in [2.45, 2.75) is 36.8 Å². The monoisotopic (exact) mass is 527 g/mol. The van der Waals surface area contributed by atoms with E-state index in [4.69, 9.17) is 26.5 Å². The van der Waals surface area contributed by atoms with Crippen LogP contribution in [0.4, 0.5) is 5.69 Å². The Kier molecular flexibility index (Phi) is 3.95. The number of rotatable bonds is 6. The molecular formula is C30H30ClN5O2. The van der Waals surface area contributed by atoms with E-state index in [1.807, 2.05) is 48.5 Å². The van der Waals surface area contributed by atoms with Gasteiger partial charge in [0.1, 0.15) is 5.69 Å². The molecule has 4 aliphatic carbocycles. The van der Waals surface area contributed by atoms with Crippen LogP contribution >= 0.6 is 11.6 Å². The van der Waals surface area contributed by atoms with Gasteiger partial charge in [-0.15, -0.1) is 0 Å². The molecule has 2 aliphatic heterocycles. The second-order valence-corrected chi connectivity index (χ2v) is 13.1. The number of hydrogen-bond donors (Lipinski definition) is 1. The van der Waals surface area contributed by atoms with Gasteiger partial charge in [-0.25, -0.2) is 4.68 Å². The van der Waals surface area contributed by atoms with Gasteiger partial charge in [-0.3, -0.25) is 4.68 Å². The zero-order valence-electron chi connectivity index (χ0n) is 21.3. The van der Waals surface area contributed by atoms with Gasteiger partial charge < -0.3 is 14.7 Å². The molecule has 6 aliphatic rings. The molecule has 7 nitrogen and oxygen atoms in total. The first kappa shape index (κ1) is 22.0. The lowest BCUT2D eigenvalue weighted by Gasteiger charge is -2.60. The van der Waals surface area contributed by atoms with E-state index in [1.54, 1.807) is 0 Å². The first-order valence-corrected chi connectivity index (χ1v) is 14.1. The van der Waals surface area contributed by atoms with Crippen LogP contribution in [0.3, 0.4) is 0 Å². The zero-order valence-corrected chi connectivity index (χ0v) is 22.1. The fraction of sp³-hybridized carbons (Fsp3) is 0.467. The molecule has 2 bridgehead atoms. The molecule has 2 aromatic heterocycles. The van der Waals surface area contributed by atoms with Crippen molar-refractivity contribution in [3.8, 4) is 5.69 Å². The zero-order chi connectivity index (χ0) is 25.5. The second kappa shape index (κ2) is 6.82. The third kappa shape index (κ3) is 2.41. The average molecular weight is 528 g/mol. The highest BCUT2D eigenvalue weighted by Gasteiger charge is 2.97. The first-order valence-electron chi connectivity index (χ1n) is 13.7. The molecule has 8 heteroatoms. The Balaban J connectivity index is 1.02. The maximum atomic E-state index is 11.6. The Bertz CT molecular complexity index is 1620. The third-order valence-electron chi connectivity index (χ3n) is 11.1. The highest BCUT2D eigenvalue weighted by molar-refractivity contribution is 6.34. The number of methoxy groups -OCH3 is 1. The fourth-order valence-electron chi connectivity index (χ4n) is 9.13. The highest BCUT2D eigenvalue weighted by atomic mass is 35.5. The summed E-state index contributed by atoms with van der Waals surface area (Å²) in [5.41, 5.74) is 4.32. The normalized spacial score (nSPS) is 37.8. The number of nitrogens with zero attached hydrogens (tertiary/aromatic N) is 5. The summed E-state index contributed by atoms with van der Waals surface area (Å²) in [5, 5.41) is 22.9. The van der Waals surface area contributed by atoms with Gasteiger partial charge in [0.05, 0.1) is 52.6 Å². The van der Waals surface area contributed by atoms with E-state index in [9.17, 15) is 5.11 Å². The number of piperidine rings is 2. The number of fused-ring (bicyclic) bond motifs is 3.